The van der Waals surface area contributed by atoms with Crippen LogP contribution in [0, 0.1) is 0 Å². The van der Waals surface area contributed by atoms with Crippen molar-refractivity contribution in [1.82, 2.24) is 15.5 Å². The topological polar surface area (TPSA) is 80.9 Å². The third-order valence-electron chi connectivity index (χ3n) is 3.33. The highest BCUT2D eigenvalue weighted by Gasteiger charge is 2.26. The minimum Gasteiger partial charge on any atom is -0.382 e. The fourth-order valence-electron chi connectivity index (χ4n) is 1.78. The normalized spacial score (nSPS) is 11.2. The fraction of sp³-hybridized carbons (Fsp3) is 0.583. The highest BCUT2D eigenvalue weighted by Crippen LogP contribution is 2.19. The van der Waals surface area contributed by atoms with E-state index in [0.717, 1.165) is 19.3 Å². The van der Waals surface area contributed by atoms with Crippen LogP contribution in [0.5, 0.6) is 0 Å². The largest absolute Gasteiger partial charge is 0.382 e. The van der Waals surface area contributed by atoms with Gasteiger partial charge in [0.25, 0.3) is 5.91 Å². The number of carbonyl (C=O) groups is 1. The Labute approximate surface area is 102 Å². The zero-order valence-corrected chi connectivity index (χ0v) is 10.7. The van der Waals surface area contributed by atoms with E-state index in [2.05, 4.69) is 36.3 Å². The SMILES string of the molecule is CCC(CC)(CC)NC(=O)c1ccc(N)nn1. The van der Waals surface area contributed by atoms with Gasteiger partial charge in [-0.25, -0.2) is 0 Å². The zero-order valence-electron chi connectivity index (χ0n) is 10.7. The zero-order chi connectivity index (χ0) is 12.9. The molecule has 0 aliphatic carbocycles. The van der Waals surface area contributed by atoms with Crippen molar-refractivity contribution in [3.63, 3.8) is 0 Å². The quantitative estimate of drug-likeness (QED) is 0.816. The van der Waals surface area contributed by atoms with E-state index in [9.17, 15) is 4.79 Å². The van der Waals surface area contributed by atoms with E-state index in [-0.39, 0.29) is 11.4 Å². The second-order valence-electron chi connectivity index (χ2n) is 4.14. The van der Waals surface area contributed by atoms with Gasteiger partial charge in [-0.15, -0.1) is 10.2 Å². The van der Waals surface area contributed by atoms with Crippen LogP contribution in [0.3, 0.4) is 0 Å². The second-order valence-corrected chi connectivity index (χ2v) is 4.14. The molecule has 0 aromatic carbocycles. The number of amides is 1. The Balaban J connectivity index is 2.81. The molecule has 17 heavy (non-hydrogen) atoms. The molecule has 0 spiro atoms. The van der Waals surface area contributed by atoms with E-state index >= 15 is 0 Å². The van der Waals surface area contributed by atoms with Gasteiger partial charge in [0.05, 0.1) is 0 Å². The average Bonchev–Trinajstić information content (AvgIpc) is 2.37. The van der Waals surface area contributed by atoms with Crippen LogP contribution in [-0.2, 0) is 0 Å². The molecular weight excluding hydrogens is 216 g/mol. The molecule has 0 aliphatic rings. The molecule has 5 nitrogen and oxygen atoms in total. The molecule has 1 rings (SSSR count). The standard InChI is InChI=1S/C12H20N4O/c1-4-12(5-2,6-3)14-11(17)9-7-8-10(13)16-15-9/h7-8H,4-6H2,1-3H3,(H2,13,16)(H,14,17). The number of nitrogen functional groups attached to an aromatic ring is 1. The summed E-state index contributed by atoms with van der Waals surface area (Å²) in [6, 6.07) is 3.16. The highest BCUT2D eigenvalue weighted by atomic mass is 16.2. The molecule has 1 aromatic rings. The van der Waals surface area contributed by atoms with E-state index < -0.39 is 0 Å². The van der Waals surface area contributed by atoms with Gasteiger partial charge < -0.3 is 11.1 Å². The predicted octanol–water partition coefficient (Wildman–Crippen LogP) is 1.76. The van der Waals surface area contributed by atoms with E-state index in [1.54, 1.807) is 12.1 Å². The van der Waals surface area contributed by atoms with Gasteiger partial charge in [0, 0.05) is 5.54 Å². The number of anilines is 1. The van der Waals surface area contributed by atoms with Gasteiger partial charge in [0.1, 0.15) is 5.82 Å². The predicted molar refractivity (Wildman–Crippen MR) is 67.5 cm³/mol. The van der Waals surface area contributed by atoms with Crippen LogP contribution in [0.4, 0.5) is 5.82 Å². The van der Waals surface area contributed by atoms with Gasteiger partial charge in [0.15, 0.2) is 5.69 Å². The van der Waals surface area contributed by atoms with Gasteiger partial charge in [-0.2, -0.15) is 0 Å². The number of rotatable bonds is 5. The number of hydrogen-bond acceptors (Lipinski definition) is 4. The van der Waals surface area contributed by atoms with E-state index in [1.807, 2.05) is 0 Å². The Hall–Kier alpha value is -1.65. The van der Waals surface area contributed by atoms with Crippen LogP contribution >= 0.6 is 0 Å². The molecule has 0 saturated heterocycles. The summed E-state index contributed by atoms with van der Waals surface area (Å²) in [5, 5.41) is 10.5. The Morgan fingerprint density at radius 1 is 1.24 bits per heavy atom. The lowest BCUT2D eigenvalue weighted by molar-refractivity contribution is 0.0882. The third-order valence-corrected chi connectivity index (χ3v) is 3.33. The molecule has 3 N–H and O–H groups in total. The van der Waals surface area contributed by atoms with E-state index in [1.165, 1.54) is 0 Å². The Morgan fingerprint density at radius 2 is 1.82 bits per heavy atom. The van der Waals surface area contributed by atoms with Gasteiger partial charge in [-0.1, -0.05) is 20.8 Å². The molecule has 0 radical (unpaired) electrons. The molecule has 0 bridgehead atoms. The van der Waals surface area contributed by atoms with Gasteiger partial charge in [-0.3, -0.25) is 4.79 Å². The van der Waals surface area contributed by atoms with Crippen molar-refractivity contribution in [2.75, 3.05) is 5.73 Å². The fourth-order valence-corrected chi connectivity index (χ4v) is 1.78. The van der Waals surface area contributed by atoms with Crippen molar-refractivity contribution in [1.29, 1.82) is 0 Å². The molecule has 0 atom stereocenters. The van der Waals surface area contributed by atoms with Crippen molar-refractivity contribution < 1.29 is 4.79 Å². The minimum atomic E-state index is -0.192. The maximum atomic E-state index is 12.0. The molecule has 0 saturated carbocycles. The molecule has 1 amide bonds. The van der Waals surface area contributed by atoms with Crippen molar-refractivity contribution in [2.45, 2.75) is 45.6 Å². The summed E-state index contributed by atoms with van der Waals surface area (Å²) in [6.45, 7) is 6.21. The lowest BCUT2D eigenvalue weighted by atomic mass is 9.89. The number of nitrogens with one attached hydrogen (secondary N) is 1. The number of nitrogens with two attached hydrogens (primary N) is 1. The van der Waals surface area contributed by atoms with Crippen LogP contribution in [-0.4, -0.2) is 21.6 Å². The third kappa shape index (κ3) is 3.15. The first-order chi connectivity index (χ1) is 8.06. The first-order valence-electron chi connectivity index (χ1n) is 5.98. The summed E-state index contributed by atoms with van der Waals surface area (Å²) in [7, 11) is 0. The lowest BCUT2D eigenvalue weighted by Gasteiger charge is -2.31. The summed E-state index contributed by atoms with van der Waals surface area (Å²) in [5.74, 6) is 0.123. The average molecular weight is 236 g/mol. The van der Waals surface area contributed by atoms with Gasteiger partial charge in [-0.05, 0) is 31.4 Å². The van der Waals surface area contributed by atoms with Crippen LogP contribution < -0.4 is 11.1 Å². The van der Waals surface area contributed by atoms with Crippen molar-refractivity contribution in [2.24, 2.45) is 0 Å². The first kappa shape index (κ1) is 13.4. The molecular formula is C12H20N4O. The maximum Gasteiger partial charge on any atom is 0.272 e. The summed E-state index contributed by atoms with van der Waals surface area (Å²) >= 11 is 0. The molecule has 0 aliphatic heterocycles. The van der Waals surface area contributed by atoms with Crippen molar-refractivity contribution in [3.8, 4) is 0 Å². The summed E-state index contributed by atoms with van der Waals surface area (Å²) in [6.07, 6.45) is 2.69. The van der Waals surface area contributed by atoms with Gasteiger partial charge >= 0.3 is 0 Å². The smallest absolute Gasteiger partial charge is 0.272 e. The van der Waals surface area contributed by atoms with Crippen LogP contribution in [0.25, 0.3) is 0 Å². The molecule has 5 heteroatoms. The van der Waals surface area contributed by atoms with E-state index in [4.69, 9.17) is 5.73 Å². The number of nitrogens with zero attached hydrogens (tertiary/aromatic N) is 2. The molecule has 94 valence electrons. The van der Waals surface area contributed by atoms with Crippen molar-refractivity contribution >= 4 is 11.7 Å². The molecule has 1 heterocycles. The molecule has 1 aromatic heterocycles. The first-order valence-corrected chi connectivity index (χ1v) is 5.98. The number of aromatic nitrogens is 2. The number of carbonyl (C=O) groups excluding carboxylic acids is 1. The summed E-state index contributed by atoms with van der Waals surface area (Å²) < 4.78 is 0. The van der Waals surface area contributed by atoms with Gasteiger partial charge in [0.2, 0.25) is 0 Å². The Bertz CT molecular complexity index is 362. The monoisotopic (exact) mass is 236 g/mol. The van der Waals surface area contributed by atoms with E-state index in [0.29, 0.717) is 11.5 Å². The summed E-state index contributed by atoms with van der Waals surface area (Å²) in [4.78, 5) is 12.0. The maximum absolute atomic E-state index is 12.0. The number of hydrogen-bond donors (Lipinski definition) is 2. The van der Waals surface area contributed by atoms with Crippen LogP contribution in [0.1, 0.15) is 50.5 Å². The minimum absolute atomic E-state index is 0.153. The molecule has 0 fully saturated rings. The van der Waals surface area contributed by atoms with Crippen LogP contribution in [0.2, 0.25) is 0 Å². The Morgan fingerprint density at radius 3 is 2.24 bits per heavy atom. The lowest BCUT2D eigenvalue weighted by Crippen LogP contribution is -2.47. The summed E-state index contributed by atoms with van der Waals surface area (Å²) in [5.41, 5.74) is 5.58. The highest BCUT2D eigenvalue weighted by molar-refractivity contribution is 5.92. The second kappa shape index (κ2) is 5.61. The van der Waals surface area contributed by atoms with Crippen molar-refractivity contribution in [3.05, 3.63) is 17.8 Å². The Kier molecular flexibility index (Phi) is 4.43. The van der Waals surface area contributed by atoms with Crippen LogP contribution in [0.15, 0.2) is 12.1 Å². The molecule has 0 unspecified atom stereocenters.